The van der Waals surface area contributed by atoms with Crippen molar-refractivity contribution in [2.45, 2.75) is 19.5 Å². The zero-order chi connectivity index (χ0) is 15.6. The Morgan fingerprint density at radius 3 is 2.91 bits per heavy atom. The van der Waals surface area contributed by atoms with Crippen LogP contribution in [0.1, 0.15) is 16.8 Å². The van der Waals surface area contributed by atoms with Crippen LogP contribution in [0.4, 0.5) is 0 Å². The van der Waals surface area contributed by atoms with Crippen molar-refractivity contribution in [3.8, 4) is 17.4 Å². The third-order valence-electron chi connectivity index (χ3n) is 4.25. The Labute approximate surface area is 135 Å². The zero-order valence-electron chi connectivity index (χ0n) is 13.1. The van der Waals surface area contributed by atoms with Gasteiger partial charge in [-0.25, -0.2) is 9.97 Å². The van der Waals surface area contributed by atoms with Crippen molar-refractivity contribution < 1.29 is 14.2 Å². The maximum atomic E-state index is 5.66. The van der Waals surface area contributed by atoms with Crippen LogP contribution in [0.5, 0.6) is 17.4 Å². The van der Waals surface area contributed by atoms with Crippen LogP contribution < -0.4 is 14.2 Å². The lowest BCUT2D eigenvalue weighted by Crippen LogP contribution is -2.31. The van der Waals surface area contributed by atoms with Gasteiger partial charge in [0.15, 0.2) is 11.5 Å². The van der Waals surface area contributed by atoms with E-state index in [1.165, 1.54) is 5.56 Å². The van der Waals surface area contributed by atoms with Gasteiger partial charge in [0, 0.05) is 31.6 Å². The van der Waals surface area contributed by atoms with Crippen molar-refractivity contribution >= 4 is 0 Å². The molecule has 2 aliphatic heterocycles. The van der Waals surface area contributed by atoms with Crippen molar-refractivity contribution in [1.29, 1.82) is 0 Å². The Hall–Kier alpha value is -2.34. The highest BCUT2D eigenvalue weighted by Gasteiger charge is 2.22. The van der Waals surface area contributed by atoms with Crippen LogP contribution in [0.2, 0.25) is 0 Å². The second kappa shape index (κ2) is 6.04. The first kappa shape index (κ1) is 14.3. The van der Waals surface area contributed by atoms with Crippen LogP contribution in [-0.4, -0.2) is 41.7 Å². The van der Waals surface area contributed by atoms with E-state index in [2.05, 4.69) is 27.0 Å². The van der Waals surface area contributed by atoms with Crippen LogP contribution in [0, 0.1) is 0 Å². The first-order valence-corrected chi connectivity index (χ1v) is 7.81. The summed E-state index contributed by atoms with van der Waals surface area (Å²) in [5, 5.41) is 0. The minimum atomic E-state index is 0.613. The fraction of sp³-hybridized carbons (Fsp3) is 0.412. The van der Waals surface area contributed by atoms with Gasteiger partial charge in [0.1, 0.15) is 19.5 Å². The highest BCUT2D eigenvalue weighted by Crippen LogP contribution is 2.32. The number of fused-ring (bicyclic) bond motifs is 2. The summed E-state index contributed by atoms with van der Waals surface area (Å²) in [4.78, 5) is 11.0. The van der Waals surface area contributed by atoms with Gasteiger partial charge in [-0.3, -0.25) is 4.90 Å². The maximum Gasteiger partial charge on any atom is 0.220 e. The van der Waals surface area contributed by atoms with E-state index in [4.69, 9.17) is 14.2 Å². The predicted octanol–water partition coefficient (Wildman–Crippen LogP) is 1.81. The molecule has 6 heteroatoms. The normalized spacial score (nSPS) is 16.7. The zero-order valence-corrected chi connectivity index (χ0v) is 13.1. The van der Waals surface area contributed by atoms with Gasteiger partial charge in [-0.1, -0.05) is 6.07 Å². The lowest BCUT2D eigenvalue weighted by molar-refractivity contribution is 0.170. The molecule has 0 aliphatic carbocycles. The van der Waals surface area contributed by atoms with Gasteiger partial charge in [-0.05, 0) is 17.7 Å². The fourth-order valence-electron chi connectivity index (χ4n) is 3.13. The van der Waals surface area contributed by atoms with Crippen molar-refractivity contribution in [2.24, 2.45) is 0 Å². The summed E-state index contributed by atoms with van der Waals surface area (Å²) in [6, 6.07) is 6.16. The molecule has 3 heterocycles. The van der Waals surface area contributed by atoms with Crippen LogP contribution in [0.25, 0.3) is 0 Å². The average molecular weight is 313 g/mol. The van der Waals surface area contributed by atoms with E-state index in [9.17, 15) is 0 Å². The molecule has 0 atom stereocenters. The number of methoxy groups -OCH3 is 1. The first-order valence-electron chi connectivity index (χ1n) is 7.81. The highest BCUT2D eigenvalue weighted by molar-refractivity contribution is 5.44. The van der Waals surface area contributed by atoms with E-state index in [1.54, 1.807) is 13.4 Å². The van der Waals surface area contributed by atoms with E-state index in [1.807, 2.05) is 6.07 Å². The molecule has 4 rings (SSSR count). The molecule has 0 N–H and O–H groups in total. The molecule has 6 nitrogen and oxygen atoms in total. The number of nitrogens with zero attached hydrogens (tertiary/aromatic N) is 3. The van der Waals surface area contributed by atoms with Crippen LogP contribution in [0.15, 0.2) is 24.5 Å². The molecule has 1 aromatic carbocycles. The monoisotopic (exact) mass is 313 g/mol. The Kier molecular flexibility index (Phi) is 3.75. The van der Waals surface area contributed by atoms with Crippen LogP contribution >= 0.6 is 0 Å². The molecule has 120 valence electrons. The molecule has 0 saturated carbocycles. The van der Waals surface area contributed by atoms with Crippen molar-refractivity contribution in [1.82, 2.24) is 14.9 Å². The SMILES string of the molecule is COc1ncnc2c1CN(Cc1ccc3c(c1)OCCO3)CC2. The number of aromatic nitrogens is 2. The maximum absolute atomic E-state index is 5.66. The molecule has 0 bridgehead atoms. The number of benzene rings is 1. The summed E-state index contributed by atoms with van der Waals surface area (Å²) < 4.78 is 16.6. The Morgan fingerprint density at radius 1 is 1.17 bits per heavy atom. The third-order valence-corrected chi connectivity index (χ3v) is 4.25. The third kappa shape index (κ3) is 2.82. The quantitative estimate of drug-likeness (QED) is 0.861. The molecule has 0 fully saturated rings. The van der Waals surface area contributed by atoms with Gasteiger partial charge >= 0.3 is 0 Å². The Balaban J connectivity index is 1.52. The molecule has 0 saturated heterocycles. The van der Waals surface area contributed by atoms with E-state index in [-0.39, 0.29) is 0 Å². The summed E-state index contributed by atoms with van der Waals surface area (Å²) in [6.07, 6.45) is 2.49. The molecular weight excluding hydrogens is 294 g/mol. The predicted molar refractivity (Wildman–Crippen MR) is 83.8 cm³/mol. The van der Waals surface area contributed by atoms with Gasteiger partial charge < -0.3 is 14.2 Å². The van der Waals surface area contributed by atoms with Gasteiger partial charge in [0.25, 0.3) is 0 Å². The minimum Gasteiger partial charge on any atom is -0.486 e. The Bertz CT molecular complexity index is 706. The molecular formula is C17H19N3O3. The molecule has 23 heavy (non-hydrogen) atoms. The summed E-state index contributed by atoms with van der Waals surface area (Å²) in [7, 11) is 1.66. The van der Waals surface area contributed by atoms with Gasteiger partial charge in [-0.2, -0.15) is 0 Å². The second-order valence-corrected chi connectivity index (χ2v) is 5.75. The molecule has 0 unspecified atom stereocenters. The van der Waals surface area contributed by atoms with Crippen molar-refractivity contribution in [2.75, 3.05) is 26.9 Å². The average Bonchev–Trinajstić information content (AvgIpc) is 2.61. The molecule has 2 aliphatic rings. The molecule has 0 spiro atoms. The number of hydrogen-bond acceptors (Lipinski definition) is 6. The van der Waals surface area contributed by atoms with E-state index >= 15 is 0 Å². The molecule has 0 amide bonds. The van der Waals surface area contributed by atoms with Crippen molar-refractivity contribution in [3.63, 3.8) is 0 Å². The minimum absolute atomic E-state index is 0.613. The first-order chi connectivity index (χ1) is 11.3. The fourth-order valence-corrected chi connectivity index (χ4v) is 3.13. The summed E-state index contributed by atoms with van der Waals surface area (Å²) in [5.41, 5.74) is 3.41. The lowest BCUT2D eigenvalue weighted by atomic mass is 10.1. The van der Waals surface area contributed by atoms with Crippen LogP contribution in [-0.2, 0) is 19.5 Å². The van der Waals surface area contributed by atoms with E-state index in [0.29, 0.717) is 19.1 Å². The van der Waals surface area contributed by atoms with Crippen molar-refractivity contribution in [3.05, 3.63) is 41.3 Å². The second-order valence-electron chi connectivity index (χ2n) is 5.75. The smallest absolute Gasteiger partial charge is 0.220 e. The summed E-state index contributed by atoms with van der Waals surface area (Å²) in [5.74, 6) is 2.35. The van der Waals surface area contributed by atoms with Gasteiger partial charge in [0.05, 0.1) is 12.8 Å². The number of hydrogen-bond donors (Lipinski definition) is 0. The topological polar surface area (TPSA) is 56.7 Å². The standard InChI is InChI=1S/C17H19N3O3/c1-21-17-13-10-20(5-4-14(13)18-11-19-17)9-12-2-3-15-16(8-12)23-7-6-22-15/h2-3,8,11H,4-7,9-10H2,1H3. The molecule has 2 aromatic rings. The highest BCUT2D eigenvalue weighted by atomic mass is 16.6. The van der Waals surface area contributed by atoms with Crippen LogP contribution in [0.3, 0.4) is 0 Å². The largest absolute Gasteiger partial charge is 0.486 e. The molecule has 0 radical (unpaired) electrons. The Morgan fingerprint density at radius 2 is 2.04 bits per heavy atom. The van der Waals surface area contributed by atoms with E-state index in [0.717, 1.165) is 48.8 Å². The van der Waals surface area contributed by atoms with Gasteiger partial charge in [-0.15, -0.1) is 0 Å². The number of rotatable bonds is 3. The van der Waals surface area contributed by atoms with E-state index < -0.39 is 0 Å². The number of ether oxygens (including phenoxy) is 3. The van der Waals surface area contributed by atoms with Gasteiger partial charge in [0.2, 0.25) is 5.88 Å². The molecule has 1 aromatic heterocycles. The lowest BCUT2D eigenvalue weighted by Gasteiger charge is -2.29. The summed E-state index contributed by atoms with van der Waals surface area (Å²) in [6.45, 7) is 3.86. The summed E-state index contributed by atoms with van der Waals surface area (Å²) >= 11 is 0.